The summed E-state index contributed by atoms with van der Waals surface area (Å²) in [5.41, 5.74) is 3.08. The number of nitrogens with zero attached hydrogens (tertiary/aromatic N) is 3. The summed E-state index contributed by atoms with van der Waals surface area (Å²) in [6, 6.07) is 16.8. The van der Waals surface area contributed by atoms with E-state index in [0.717, 1.165) is 49.2 Å². The fourth-order valence-corrected chi connectivity index (χ4v) is 6.48. The number of para-hydroxylation sites is 1. The van der Waals surface area contributed by atoms with Crippen molar-refractivity contribution in [3.63, 3.8) is 0 Å². The van der Waals surface area contributed by atoms with E-state index in [4.69, 9.17) is 0 Å². The number of amides is 2. The molecule has 5 atom stereocenters. The summed E-state index contributed by atoms with van der Waals surface area (Å²) >= 11 is 0. The molecule has 3 aliphatic rings. The monoisotopic (exact) mass is 494 g/mol. The van der Waals surface area contributed by atoms with Crippen molar-refractivity contribution in [3.05, 3.63) is 83.4 Å². The van der Waals surface area contributed by atoms with Gasteiger partial charge in [0.1, 0.15) is 5.82 Å². The number of fused-ring (bicyclic) bond motifs is 3. The molecular formula is C29H30N6O2. The van der Waals surface area contributed by atoms with Crippen molar-refractivity contribution >= 4 is 17.5 Å². The molecule has 37 heavy (non-hydrogen) atoms. The molecule has 0 bridgehead atoms. The highest BCUT2D eigenvalue weighted by molar-refractivity contribution is 5.95. The predicted octanol–water partition coefficient (Wildman–Crippen LogP) is 4.33. The van der Waals surface area contributed by atoms with Crippen LogP contribution in [0.15, 0.2) is 60.9 Å². The third kappa shape index (κ3) is 4.25. The van der Waals surface area contributed by atoms with Gasteiger partial charge in [-0.3, -0.25) is 9.59 Å². The fraction of sp³-hybridized carbons (Fsp3) is 0.379. The molecule has 2 amide bonds. The number of aromatic nitrogens is 2. The average molecular weight is 495 g/mol. The van der Waals surface area contributed by atoms with Gasteiger partial charge in [-0.05, 0) is 49.1 Å². The number of carbonyl (C=O) groups excluding carboxylic acids is 2. The molecule has 0 radical (unpaired) electrons. The molecule has 2 fully saturated rings. The lowest BCUT2D eigenvalue weighted by molar-refractivity contribution is -0.138. The lowest BCUT2D eigenvalue weighted by Crippen LogP contribution is -2.50. The maximum Gasteiger partial charge on any atom is 0.251 e. The number of rotatable bonds is 4. The van der Waals surface area contributed by atoms with Crippen LogP contribution in [-0.4, -0.2) is 39.3 Å². The molecule has 1 saturated heterocycles. The number of nitrogens with one attached hydrogen (secondary N) is 3. The molecule has 188 valence electrons. The lowest BCUT2D eigenvalue weighted by atomic mass is 9.80. The third-order valence-electron chi connectivity index (χ3n) is 8.21. The van der Waals surface area contributed by atoms with Crippen LogP contribution in [0.5, 0.6) is 0 Å². The van der Waals surface area contributed by atoms with Gasteiger partial charge in [-0.2, -0.15) is 5.26 Å². The molecule has 2 aromatic carbocycles. The summed E-state index contributed by atoms with van der Waals surface area (Å²) in [5.74, 6) is 0.723. The Balaban J connectivity index is 1.26. The van der Waals surface area contributed by atoms with Gasteiger partial charge in [0.2, 0.25) is 5.91 Å². The Morgan fingerprint density at radius 3 is 2.78 bits per heavy atom. The minimum atomic E-state index is -0.264. The molecule has 0 spiro atoms. The minimum absolute atomic E-state index is 0.00182. The molecule has 2 aliphatic heterocycles. The average Bonchev–Trinajstić information content (AvgIpc) is 3.64. The normalized spacial score (nSPS) is 26.4. The summed E-state index contributed by atoms with van der Waals surface area (Å²) in [7, 11) is 0. The summed E-state index contributed by atoms with van der Waals surface area (Å²) in [5, 5.41) is 16.0. The topological polar surface area (TPSA) is 114 Å². The summed E-state index contributed by atoms with van der Waals surface area (Å²) in [6.07, 6.45) is 7.98. The molecule has 1 aliphatic carbocycles. The van der Waals surface area contributed by atoms with Crippen molar-refractivity contribution in [2.75, 3.05) is 11.9 Å². The first kappa shape index (κ1) is 23.3. The van der Waals surface area contributed by atoms with Crippen molar-refractivity contribution < 1.29 is 9.59 Å². The zero-order valence-electron chi connectivity index (χ0n) is 20.6. The number of nitriles is 1. The number of benzene rings is 2. The molecular weight excluding hydrogens is 464 g/mol. The van der Waals surface area contributed by atoms with Gasteiger partial charge in [-0.1, -0.05) is 37.1 Å². The molecule has 8 nitrogen and oxygen atoms in total. The fourth-order valence-electron chi connectivity index (χ4n) is 6.48. The van der Waals surface area contributed by atoms with Crippen LogP contribution in [0.25, 0.3) is 0 Å². The number of hydrogen-bond donors (Lipinski definition) is 3. The van der Waals surface area contributed by atoms with Crippen LogP contribution in [-0.2, 0) is 4.79 Å². The van der Waals surface area contributed by atoms with Crippen LogP contribution in [0.4, 0.5) is 5.69 Å². The molecule has 6 rings (SSSR count). The van der Waals surface area contributed by atoms with Crippen LogP contribution < -0.4 is 10.6 Å². The summed E-state index contributed by atoms with van der Waals surface area (Å²) < 4.78 is 0. The largest absolute Gasteiger partial charge is 0.375 e. The van der Waals surface area contributed by atoms with E-state index in [0.29, 0.717) is 17.7 Å². The second-order valence-corrected chi connectivity index (χ2v) is 10.3. The van der Waals surface area contributed by atoms with E-state index in [1.165, 1.54) is 0 Å². The van der Waals surface area contributed by atoms with Gasteiger partial charge >= 0.3 is 0 Å². The number of hydrogen-bond acceptors (Lipinski definition) is 5. The van der Waals surface area contributed by atoms with Gasteiger partial charge < -0.3 is 20.5 Å². The van der Waals surface area contributed by atoms with Gasteiger partial charge in [0.15, 0.2) is 0 Å². The maximum absolute atomic E-state index is 14.2. The highest BCUT2D eigenvalue weighted by Crippen LogP contribution is 2.51. The highest BCUT2D eigenvalue weighted by Gasteiger charge is 2.49. The van der Waals surface area contributed by atoms with Crippen LogP contribution >= 0.6 is 0 Å². The zero-order chi connectivity index (χ0) is 25.4. The SMILES string of the molecule is N#Cc1cccc(C(=O)N[C@@H]2CCCC[C@@H]2C(=O)N2CC[C@@H]3[C@H](c4ncc[nH]4)Nc4ccccc4[C@@H]32)c1. The van der Waals surface area contributed by atoms with Crippen molar-refractivity contribution in [1.29, 1.82) is 5.26 Å². The number of carbonyl (C=O) groups is 2. The van der Waals surface area contributed by atoms with Crippen molar-refractivity contribution in [3.8, 4) is 6.07 Å². The van der Waals surface area contributed by atoms with E-state index in [-0.39, 0.29) is 41.8 Å². The van der Waals surface area contributed by atoms with Gasteiger partial charge in [0.25, 0.3) is 5.91 Å². The second kappa shape index (κ2) is 9.74. The Bertz CT molecular complexity index is 1350. The Morgan fingerprint density at radius 2 is 1.95 bits per heavy atom. The van der Waals surface area contributed by atoms with Crippen molar-refractivity contribution in [2.45, 2.75) is 50.2 Å². The van der Waals surface area contributed by atoms with E-state index in [9.17, 15) is 14.9 Å². The Hall–Kier alpha value is -4.12. The summed E-state index contributed by atoms with van der Waals surface area (Å²) in [6.45, 7) is 0.683. The molecule has 1 aromatic heterocycles. The summed E-state index contributed by atoms with van der Waals surface area (Å²) in [4.78, 5) is 37.1. The number of H-pyrrole nitrogens is 1. The molecule has 1 saturated carbocycles. The molecule has 3 N–H and O–H groups in total. The van der Waals surface area contributed by atoms with E-state index < -0.39 is 0 Å². The van der Waals surface area contributed by atoms with E-state index in [1.54, 1.807) is 30.5 Å². The van der Waals surface area contributed by atoms with Crippen LogP contribution in [0, 0.1) is 23.2 Å². The van der Waals surface area contributed by atoms with Gasteiger partial charge in [-0.25, -0.2) is 4.98 Å². The Kier molecular flexibility index (Phi) is 6.13. The molecule has 3 aromatic rings. The first-order valence-electron chi connectivity index (χ1n) is 13.1. The van der Waals surface area contributed by atoms with E-state index in [1.807, 2.05) is 18.3 Å². The number of anilines is 1. The smallest absolute Gasteiger partial charge is 0.251 e. The number of imidazole rings is 1. The maximum atomic E-state index is 14.2. The minimum Gasteiger partial charge on any atom is -0.375 e. The van der Waals surface area contributed by atoms with Crippen LogP contribution in [0.1, 0.15) is 71.5 Å². The van der Waals surface area contributed by atoms with Gasteiger partial charge in [0, 0.05) is 42.1 Å². The van der Waals surface area contributed by atoms with Gasteiger partial charge in [0.05, 0.1) is 29.6 Å². The lowest BCUT2D eigenvalue weighted by Gasteiger charge is -2.41. The van der Waals surface area contributed by atoms with Crippen molar-refractivity contribution in [1.82, 2.24) is 20.2 Å². The first-order valence-corrected chi connectivity index (χ1v) is 13.1. The van der Waals surface area contributed by atoms with Crippen LogP contribution in [0.2, 0.25) is 0 Å². The second-order valence-electron chi connectivity index (χ2n) is 10.3. The highest BCUT2D eigenvalue weighted by atomic mass is 16.2. The van der Waals surface area contributed by atoms with E-state index in [2.05, 4.69) is 43.7 Å². The Labute approximate surface area is 216 Å². The first-order chi connectivity index (χ1) is 18.1. The number of aromatic amines is 1. The molecule has 3 heterocycles. The number of likely N-dealkylation sites (tertiary alicyclic amines) is 1. The molecule has 0 unspecified atom stereocenters. The van der Waals surface area contributed by atoms with Crippen molar-refractivity contribution in [2.24, 2.45) is 11.8 Å². The van der Waals surface area contributed by atoms with Crippen LogP contribution in [0.3, 0.4) is 0 Å². The van der Waals surface area contributed by atoms with Gasteiger partial charge in [-0.15, -0.1) is 0 Å². The standard InChI is InChI=1S/C29H30N6O2/c30-17-18-6-5-7-19(16-18)28(36)34-24-11-4-2-9-21(24)29(37)35-15-12-22-25(27-31-13-14-32-27)33-23-10-3-1-8-20(23)26(22)35/h1,3,5-8,10,13-14,16,21-22,24-26,33H,2,4,9,11-12,15H2,(H,31,32)(H,34,36)/t21-,22+,24+,25+,26-/m0/s1. The zero-order valence-corrected chi connectivity index (χ0v) is 20.6. The predicted molar refractivity (Wildman–Crippen MR) is 138 cm³/mol. The van der Waals surface area contributed by atoms with E-state index >= 15 is 0 Å². The Morgan fingerprint density at radius 1 is 1.08 bits per heavy atom. The quantitative estimate of drug-likeness (QED) is 0.500. The molecule has 8 heteroatoms. The third-order valence-corrected chi connectivity index (χ3v) is 8.21.